The number of hydrogen-bond acceptors (Lipinski definition) is 9. The molecule has 0 spiro atoms. The summed E-state index contributed by atoms with van der Waals surface area (Å²) in [6, 6.07) is 27.4. The number of nitrogens with two attached hydrogens (primary N) is 2. The number of esters is 1. The molecular weight excluding hydrogens is 821 g/mol. The normalized spacial score (nSPS) is 18.8. The minimum Gasteiger partial charge on any atom is -0.465 e. The van der Waals surface area contributed by atoms with Gasteiger partial charge in [-0.2, -0.15) is 10.0 Å². The van der Waals surface area contributed by atoms with Crippen LogP contribution >= 0.6 is 10.0 Å². The van der Waals surface area contributed by atoms with Crippen molar-refractivity contribution < 1.29 is 23.5 Å². The first-order valence-corrected chi connectivity index (χ1v) is 23.7. The van der Waals surface area contributed by atoms with Crippen molar-refractivity contribution in [2.24, 2.45) is 4.99 Å². The minimum absolute atomic E-state index is 0.0464. The van der Waals surface area contributed by atoms with Crippen molar-refractivity contribution in [2.75, 3.05) is 38.1 Å². The van der Waals surface area contributed by atoms with Gasteiger partial charge in [0, 0.05) is 80.1 Å². The molecule has 1 saturated carbocycles. The second-order valence-corrected chi connectivity index (χ2v) is 20.6. The van der Waals surface area contributed by atoms with Crippen LogP contribution in [0.5, 0.6) is 0 Å². The molecule has 3 aliphatic carbocycles. The monoisotopic (exact) mass is 870 g/mol. The fraction of sp³-hybridized carbons (Fsp3) is 0.212. The van der Waals surface area contributed by atoms with Crippen molar-refractivity contribution in [3.63, 3.8) is 0 Å². The van der Waals surface area contributed by atoms with Crippen LogP contribution in [0.2, 0.25) is 0 Å². The SMILES string of the molecule is C/N=C1\C=CC2=C(c3ccc(C(=O)NC4CCC(NC(=O)c5ccc(-c6c7ccc(=N)cc-7oc7cc(N)ccc67)c(C(=O)OC)c5)CC4)cc3C)c3ccc(N)cc3S(C)(C)C2=C1. The largest absolute Gasteiger partial charge is 0.465 e. The lowest BCUT2D eigenvalue weighted by Crippen LogP contribution is -2.43. The third-order valence-corrected chi connectivity index (χ3v) is 15.6. The van der Waals surface area contributed by atoms with Crippen molar-refractivity contribution in [1.29, 1.82) is 5.41 Å². The van der Waals surface area contributed by atoms with Gasteiger partial charge in [-0.1, -0.05) is 24.3 Å². The molecule has 0 radical (unpaired) electrons. The lowest BCUT2D eigenvalue weighted by atomic mass is 9.87. The summed E-state index contributed by atoms with van der Waals surface area (Å²) in [5.41, 5.74) is 23.7. The van der Waals surface area contributed by atoms with Crippen LogP contribution in [-0.4, -0.2) is 62.2 Å². The molecular formula is C52H50N6O5S. The van der Waals surface area contributed by atoms with Crippen LogP contribution in [0.25, 0.3) is 39.0 Å². The van der Waals surface area contributed by atoms with Gasteiger partial charge in [0.25, 0.3) is 11.8 Å². The molecule has 0 saturated heterocycles. The van der Waals surface area contributed by atoms with Crippen LogP contribution in [-0.2, 0) is 4.74 Å². The zero-order chi connectivity index (χ0) is 45.0. The van der Waals surface area contributed by atoms with Crippen molar-refractivity contribution in [3.8, 4) is 22.5 Å². The van der Waals surface area contributed by atoms with Crippen molar-refractivity contribution >= 4 is 61.4 Å². The highest BCUT2D eigenvalue weighted by Crippen LogP contribution is 2.66. The molecule has 2 heterocycles. The second kappa shape index (κ2) is 16.5. The van der Waals surface area contributed by atoms with Crippen molar-refractivity contribution in [3.05, 3.63) is 158 Å². The average molecular weight is 871 g/mol. The number of carbonyl (C=O) groups is 3. The summed E-state index contributed by atoms with van der Waals surface area (Å²) in [6.07, 6.45) is 13.8. The lowest BCUT2D eigenvalue weighted by Gasteiger charge is -2.43. The van der Waals surface area contributed by atoms with Crippen LogP contribution in [0.3, 0.4) is 0 Å². The fourth-order valence-electron chi connectivity index (χ4n) is 9.38. The highest BCUT2D eigenvalue weighted by atomic mass is 32.3. The van der Waals surface area contributed by atoms with Crippen LogP contribution in [0, 0.1) is 12.3 Å². The summed E-state index contributed by atoms with van der Waals surface area (Å²) >= 11 is 0. The molecule has 0 aromatic heterocycles. The average Bonchev–Trinajstić information content (AvgIpc) is 3.28. The van der Waals surface area contributed by atoms with Gasteiger partial charge in [-0.05, 0) is 151 Å². The molecule has 2 aliphatic heterocycles. The highest BCUT2D eigenvalue weighted by molar-refractivity contribution is 8.36. The Bertz CT molecular complexity index is 3110. The number of anilines is 2. The highest BCUT2D eigenvalue weighted by Gasteiger charge is 2.35. The maximum absolute atomic E-state index is 13.8. The maximum Gasteiger partial charge on any atom is 0.338 e. The van der Waals surface area contributed by atoms with Crippen molar-refractivity contribution in [1.82, 2.24) is 10.6 Å². The number of aliphatic imine (C=N–C) groups is 1. The summed E-state index contributed by atoms with van der Waals surface area (Å²) in [5.74, 6) is -0.569. The molecule has 2 amide bonds. The number of benzene rings is 5. The number of ether oxygens (including phenoxy) is 1. The molecule has 0 atom stereocenters. The van der Waals surface area contributed by atoms with E-state index < -0.39 is 16.0 Å². The number of rotatable bonds is 7. The molecule has 4 aromatic carbocycles. The first kappa shape index (κ1) is 42.1. The summed E-state index contributed by atoms with van der Waals surface area (Å²) in [7, 11) is 1.74. The summed E-state index contributed by atoms with van der Waals surface area (Å²) in [6.45, 7) is 2.06. The van der Waals surface area contributed by atoms with E-state index in [1.807, 2.05) is 31.3 Å². The number of nitrogen functional groups attached to an aromatic ring is 2. The molecule has 7 N–H and O–H groups in total. The van der Waals surface area contributed by atoms with E-state index >= 15 is 0 Å². The number of fused-ring (bicyclic) bond motifs is 4. The van der Waals surface area contributed by atoms with E-state index in [2.05, 4.69) is 71.5 Å². The van der Waals surface area contributed by atoms with E-state index in [1.54, 1.807) is 48.5 Å². The number of nitrogens with zero attached hydrogens (tertiary/aromatic N) is 1. The zero-order valence-electron chi connectivity index (χ0n) is 36.4. The second-order valence-electron chi connectivity index (χ2n) is 17.1. The molecule has 5 aliphatic rings. The Hall–Kier alpha value is -7.18. The maximum atomic E-state index is 13.8. The van der Waals surface area contributed by atoms with Gasteiger partial charge in [-0.15, -0.1) is 0 Å². The zero-order valence-corrected chi connectivity index (χ0v) is 37.2. The van der Waals surface area contributed by atoms with Gasteiger partial charge in [0.15, 0.2) is 0 Å². The Morgan fingerprint density at radius 3 is 2.06 bits per heavy atom. The van der Waals surface area contributed by atoms with E-state index in [-0.39, 0.29) is 34.8 Å². The molecule has 64 heavy (non-hydrogen) atoms. The van der Waals surface area contributed by atoms with E-state index in [9.17, 15) is 14.4 Å². The van der Waals surface area contributed by atoms with Gasteiger partial charge in [0.05, 0.1) is 23.7 Å². The summed E-state index contributed by atoms with van der Waals surface area (Å²) < 4.78 is 11.4. The van der Waals surface area contributed by atoms with E-state index in [0.29, 0.717) is 75.9 Å². The summed E-state index contributed by atoms with van der Waals surface area (Å²) in [5, 5.41) is 15.6. The van der Waals surface area contributed by atoms with Crippen LogP contribution in [0.4, 0.5) is 11.4 Å². The molecule has 0 unspecified atom stereocenters. The third-order valence-electron chi connectivity index (χ3n) is 12.7. The van der Waals surface area contributed by atoms with E-state index in [0.717, 1.165) is 33.7 Å². The lowest BCUT2D eigenvalue weighted by molar-refractivity contribution is 0.0601. The quantitative estimate of drug-likeness (QED) is 0.0601. The van der Waals surface area contributed by atoms with Crippen LogP contribution < -0.4 is 27.5 Å². The number of methoxy groups -OCH3 is 1. The smallest absolute Gasteiger partial charge is 0.338 e. The third kappa shape index (κ3) is 7.57. The number of hydrogen-bond donors (Lipinski definition) is 5. The predicted molar refractivity (Wildman–Crippen MR) is 257 cm³/mol. The Labute approximate surface area is 373 Å². The molecule has 324 valence electrons. The first-order valence-electron chi connectivity index (χ1n) is 21.2. The molecule has 1 fully saturated rings. The van der Waals surface area contributed by atoms with E-state index in [4.69, 9.17) is 26.0 Å². The molecule has 12 heteroatoms. The van der Waals surface area contributed by atoms with Gasteiger partial charge in [-0.3, -0.25) is 14.6 Å². The Morgan fingerprint density at radius 2 is 1.39 bits per heavy atom. The predicted octanol–water partition coefficient (Wildman–Crippen LogP) is 9.18. The molecule has 4 aromatic rings. The Kier molecular flexibility index (Phi) is 10.9. The molecule has 9 rings (SSSR count). The number of aryl methyl sites for hydroxylation is 1. The first-order chi connectivity index (χ1) is 30.7. The van der Waals surface area contributed by atoms with Gasteiger partial charge < -0.3 is 36.7 Å². The standard InChI is InChI=1S/C52H50N6O5S/c1-28-22-29(6-16-37(28)48-41-20-10-33(55)26-46(41)64(4,5)47-27-36(56-2)15-21-42(47)48)50(59)57-34-11-13-35(14-12-34)58-51(60)30-7-17-38(43(23-30)52(61)62-3)49-39-18-8-31(53)24-44(39)63-45-25-32(54)9-19-40(45)49/h6-10,15-27,34-35,53H,11-14,54-55H2,1-5H3,(H,57,59)(H,58,60)/b53-31?,56-36+. The minimum atomic E-state index is -1.38. The molecule has 0 bridgehead atoms. The van der Waals surface area contributed by atoms with Crippen molar-refractivity contribution in [2.45, 2.75) is 49.6 Å². The summed E-state index contributed by atoms with van der Waals surface area (Å²) in [4.78, 5) is 47.8. The Balaban J connectivity index is 0.897. The van der Waals surface area contributed by atoms with Crippen LogP contribution in [0.1, 0.15) is 73.4 Å². The van der Waals surface area contributed by atoms with Gasteiger partial charge >= 0.3 is 5.97 Å². The van der Waals surface area contributed by atoms with Gasteiger partial charge in [-0.25, -0.2) is 4.79 Å². The topological polar surface area (TPSA) is 186 Å². The molecule has 11 nitrogen and oxygen atoms in total. The Morgan fingerprint density at radius 1 is 0.766 bits per heavy atom. The number of carbonyl (C=O) groups excluding carboxylic acids is 3. The fourth-order valence-corrected chi connectivity index (χ4v) is 11.9. The van der Waals surface area contributed by atoms with Gasteiger partial charge in [0.2, 0.25) is 0 Å². The number of amides is 2. The van der Waals surface area contributed by atoms with E-state index in [1.165, 1.54) is 22.5 Å². The number of nitrogens with one attached hydrogen (secondary N) is 3. The van der Waals surface area contributed by atoms with Crippen LogP contribution in [0.15, 0.2) is 134 Å². The number of allylic oxidation sites excluding steroid dienone is 4. The van der Waals surface area contributed by atoms with Gasteiger partial charge in [0.1, 0.15) is 11.3 Å².